The molecule has 0 bridgehead atoms. The summed E-state index contributed by atoms with van der Waals surface area (Å²) in [4.78, 5) is 24.3. The van der Waals surface area contributed by atoms with Crippen LogP contribution >= 0.6 is 11.8 Å². The Hall–Kier alpha value is -0.910. The predicted octanol–water partition coefficient (Wildman–Crippen LogP) is 0.981. The topological polar surface area (TPSA) is 55.8 Å². The van der Waals surface area contributed by atoms with E-state index < -0.39 is 0 Å². The van der Waals surface area contributed by atoms with E-state index in [1.807, 2.05) is 6.26 Å². The maximum atomic E-state index is 11.5. The van der Waals surface area contributed by atoms with Crippen molar-refractivity contribution in [2.24, 2.45) is 5.92 Å². The lowest BCUT2D eigenvalue weighted by Gasteiger charge is -2.15. The summed E-state index contributed by atoms with van der Waals surface area (Å²) in [6, 6.07) is 0. The summed E-state index contributed by atoms with van der Waals surface area (Å²) in [7, 11) is 1.36. The normalized spacial score (nSPS) is 19.6. The van der Waals surface area contributed by atoms with Crippen molar-refractivity contribution in [1.82, 2.24) is 4.90 Å². The van der Waals surface area contributed by atoms with Gasteiger partial charge in [0.25, 0.3) is 0 Å². The molecule has 0 saturated carbocycles. The van der Waals surface area contributed by atoms with Crippen molar-refractivity contribution in [3.63, 3.8) is 0 Å². The monoisotopic (exact) mass is 247 g/mol. The summed E-state index contributed by atoms with van der Waals surface area (Å²) >= 11 is 1.63. The van der Waals surface area contributed by atoms with E-state index in [-0.39, 0.29) is 18.0 Å². The summed E-state index contributed by atoms with van der Waals surface area (Å²) in [5, 5.41) is 0. The zero-order valence-corrected chi connectivity index (χ0v) is 10.4. The molecule has 0 aromatic heterocycles. The third kappa shape index (κ3) is 3.59. The Morgan fingerprint density at radius 3 is 2.88 bits per heavy atom. The van der Waals surface area contributed by atoms with Gasteiger partial charge in [0.15, 0.2) is 0 Å². The highest BCUT2D eigenvalue weighted by Gasteiger charge is 2.32. The number of hydrogen-bond acceptors (Lipinski definition) is 5. The number of esters is 1. The first-order chi connectivity index (χ1) is 7.69. The lowest BCUT2D eigenvalue weighted by atomic mass is 10.1. The first-order valence-electron chi connectivity index (χ1n) is 5.17. The molecule has 0 aromatic carbocycles. The Balaban J connectivity index is 2.29. The zero-order chi connectivity index (χ0) is 12.0. The maximum absolute atomic E-state index is 11.5. The summed E-state index contributed by atoms with van der Waals surface area (Å²) in [6.07, 6.45) is 2.28. The van der Waals surface area contributed by atoms with Crippen LogP contribution in [-0.4, -0.2) is 55.8 Å². The van der Waals surface area contributed by atoms with E-state index in [1.54, 1.807) is 16.7 Å². The molecule has 0 spiro atoms. The number of methoxy groups -OCH3 is 1. The number of amides is 1. The molecule has 5 nitrogen and oxygen atoms in total. The maximum Gasteiger partial charge on any atom is 0.409 e. The highest BCUT2D eigenvalue weighted by atomic mass is 32.2. The average Bonchev–Trinajstić information content (AvgIpc) is 2.77. The van der Waals surface area contributed by atoms with Crippen LogP contribution < -0.4 is 0 Å². The van der Waals surface area contributed by atoms with Gasteiger partial charge in [-0.1, -0.05) is 0 Å². The highest BCUT2D eigenvalue weighted by molar-refractivity contribution is 7.98. The molecule has 1 saturated heterocycles. The average molecular weight is 247 g/mol. The van der Waals surface area contributed by atoms with Gasteiger partial charge in [-0.05, 0) is 12.7 Å². The van der Waals surface area contributed by atoms with Crippen molar-refractivity contribution in [1.29, 1.82) is 0 Å². The van der Waals surface area contributed by atoms with E-state index in [0.29, 0.717) is 26.1 Å². The lowest BCUT2D eigenvalue weighted by molar-refractivity contribution is -0.144. The predicted molar refractivity (Wildman–Crippen MR) is 61.4 cm³/mol. The number of likely N-dealkylation sites (tertiary alicyclic amines) is 1. The van der Waals surface area contributed by atoms with E-state index in [2.05, 4.69) is 4.74 Å². The molecule has 0 aliphatic carbocycles. The van der Waals surface area contributed by atoms with Crippen LogP contribution in [0.4, 0.5) is 4.79 Å². The smallest absolute Gasteiger partial charge is 0.409 e. The van der Waals surface area contributed by atoms with Crippen molar-refractivity contribution in [3.05, 3.63) is 0 Å². The Morgan fingerprint density at radius 1 is 1.50 bits per heavy atom. The third-order valence-electron chi connectivity index (χ3n) is 2.49. The molecule has 1 aliphatic rings. The number of carbonyl (C=O) groups is 2. The fourth-order valence-electron chi connectivity index (χ4n) is 1.59. The van der Waals surface area contributed by atoms with Gasteiger partial charge >= 0.3 is 12.1 Å². The van der Waals surface area contributed by atoms with Gasteiger partial charge in [-0.25, -0.2) is 4.79 Å². The summed E-state index contributed by atoms with van der Waals surface area (Å²) in [5.41, 5.74) is 0. The van der Waals surface area contributed by atoms with E-state index >= 15 is 0 Å². The molecule has 16 heavy (non-hydrogen) atoms. The van der Waals surface area contributed by atoms with Crippen LogP contribution in [0.5, 0.6) is 0 Å². The van der Waals surface area contributed by atoms with Gasteiger partial charge in [0.05, 0.1) is 13.0 Å². The molecule has 1 amide bonds. The lowest BCUT2D eigenvalue weighted by Crippen LogP contribution is -2.31. The van der Waals surface area contributed by atoms with Gasteiger partial charge < -0.3 is 14.4 Å². The summed E-state index contributed by atoms with van der Waals surface area (Å²) < 4.78 is 9.68. The number of rotatable bonds is 4. The van der Waals surface area contributed by atoms with Crippen LogP contribution in [0, 0.1) is 5.92 Å². The fraction of sp³-hybridized carbons (Fsp3) is 0.800. The molecule has 1 rings (SSSR count). The largest absolute Gasteiger partial charge is 0.469 e. The van der Waals surface area contributed by atoms with E-state index in [9.17, 15) is 9.59 Å². The molecular formula is C10H17NO4S. The third-order valence-corrected chi connectivity index (χ3v) is 3.07. The number of thioether (sulfide) groups is 1. The van der Waals surface area contributed by atoms with Crippen LogP contribution in [-0.2, 0) is 14.3 Å². The van der Waals surface area contributed by atoms with E-state index in [0.717, 1.165) is 5.75 Å². The quantitative estimate of drug-likeness (QED) is 0.547. The summed E-state index contributed by atoms with van der Waals surface area (Å²) in [6.45, 7) is 1.39. The summed E-state index contributed by atoms with van der Waals surface area (Å²) in [5.74, 6) is 0.345. The number of ether oxygens (including phenoxy) is 2. The second kappa shape index (κ2) is 6.62. The first kappa shape index (κ1) is 13.2. The van der Waals surface area contributed by atoms with Crippen LogP contribution in [0.25, 0.3) is 0 Å². The van der Waals surface area contributed by atoms with Gasteiger partial charge in [-0.2, -0.15) is 11.8 Å². The minimum absolute atomic E-state index is 0.196. The number of carbonyl (C=O) groups excluding carboxylic acids is 2. The van der Waals surface area contributed by atoms with Crippen molar-refractivity contribution in [3.8, 4) is 0 Å². The minimum atomic E-state index is -0.333. The molecule has 6 heteroatoms. The Morgan fingerprint density at radius 2 is 2.25 bits per heavy atom. The zero-order valence-electron chi connectivity index (χ0n) is 9.60. The van der Waals surface area contributed by atoms with Gasteiger partial charge in [-0.15, -0.1) is 0 Å². The molecule has 92 valence electrons. The van der Waals surface area contributed by atoms with Crippen molar-refractivity contribution in [2.45, 2.75) is 6.42 Å². The minimum Gasteiger partial charge on any atom is -0.469 e. The van der Waals surface area contributed by atoms with Gasteiger partial charge in [-0.3, -0.25) is 4.79 Å². The second-order valence-corrected chi connectivity index (χ2v) is 4.55. The highest BCUT2D eigenvalue weighted by Crippen LogP contribution is 2.18. The first-order valence-corrected chi connectivity index (χ1v) is 6.57. The van der Waals surface area contributed by atoms with Crippen molar-refractivity contribution < 1.29 is 19.1 Å². The van der Waals surface area contributed by atoms with Crippen LogP contribution in [0.2, 0.25) is 0 Å². The van der Waals surface area contributed by atoms with E-state index in [1.165, 1.54) is 7.11 Å². The molecule has 1 atom stereocenters. The second-order valence-electron chi connectivity index (χ2n) is 3.56. The van der Waals surface area contributed by atoms with Crippen molar-refractivity contribution in [2.75, 3.05) is 38.8 Å². The molecule has 1 unspecified atom stereocenters. The Kier molecular flexibility index (Phi) is 5.45. The molecule has 0 radical (unpaired) electrons. The van der Waals surface area contributed by atoms with Gasteiger partial charge in [0, 0.05) is 18.8 Å². The van der Waals surface area contributed by atoms with Gasteiger partial charge in [0.2, 0.25) is 0 Å². The van der Waals surface area contributed by atoms with Crippen LogP contribution in [0.15, 0.2) is 0 Å². The molecule has 0 aromatic rings. The van der Waals surface area contributed by atoms with Gasteiger partial charge in [0.1, 0.15) is 6.61 Å². The Bertz CT molecular complexity index is 259. The number of nitrogens with zero attached hydrogens (tertiary/aromatic N) is 1. The molecule has 1 aliphatic heterocycles. The molecule has 1 heterocycles. The number of hydrogen-bond donors (Lipinski definition) is 0. The van der Waals surface area contributed by atoms with Crippen molar-refractivity contribution >= 4 is 23.8 Å². The standard InChI is InChI=1S/C10H17NO4S/c1-14-9(12)8-3-4-11(7-8)10(13)15-5-6-16-2/h8H,3-7H2,1-2H3. The Labute approximate surface area is 99.5 Å². The fourth-order valence-corrected chi connectivity index (χ4v) is 1.84. The van der Waals surface area contributed by atoms with Crippen LogP contribution in [0.3, 0.4) is 0 Å². The van der Waals surface area contributed by atoms with E-state index in [4.69, 9.17) is 4.74 Å². The molecule has 1 fully saturated rings. The van der Waals surface area contributed by atoms with Crippen LogP contribution in [0.1, 0.15) is 6.42 Å². The molecular weight excluding hydrogens is 230 g/mol. The molecule has 0 N–H and O–H groups in total. The SMILES string of the molecule is COC(=O)C1CCN(C(=O)OCCSC)C1.